The van der Waals surface area contributed by atoms with Gasteiger partial charge >= 0.3 is 6.09 Å². The van der Waals surface area contributed by atoms with Gasteiger partial charge in [0.15, 0.2) is 0 Å². The molecule has 0 N–H and O–H groups in total. The van der Waals surface area contributed by atoms with Crippen molar-refractivity contribution in [1.29, 1.82) is 0 Å². The Labute approximate surface area is 143 Å². The van der Waals surface area contributed by atoms with Gasteiger partial charge < -0.3 is 9.47 Å². The molecule has 1 unspecified atom stereocenters. The maximum Gasteiger partial charge on any atom is 0.410 e. The van der Waals surface area contributed by atoms with Gasteiger partial charge in [-0.25, -0.2) is 4.79 Å². The average molecular weight is 348 g/mol. The lowest BCUT2D eigenvalue weighted by Gasteiger charge is -2.27. The molecule has 0 saturated carbocycles. The number of carbonyl (C=O) groups is 1. The van der Waals surface area contributed by atoms with Crippen molar-refractivity contribution in [3.63, 3.8) is 0 Å². The molecule has 22 heavy (non-hydrogen) atoms. The molecular formula is C16H26ClNO3S. The fraction of sp³-hybridized carbons (Fsp3) is 0.688. The molecule has 1 aromatic rings. The van der Waals surface area contributed by atoms with E-state index in [1.54, 1.807) is 16.2 Å². The lowest BCUT2D eigenvalue weighted by Crippen LogP contribution is -2.39. The van der Waals surface area contributed by atoms with Crippen LogP contribution < -0.4 is 4.74 Å². The molecule has 0 saturated heterocycles. The molecular weight excluding hydrogens is 322 g/mol. The zero-order valence-corrected chi connectivity index (χ0v) is 15.8. The standard InChI is InChI=1S/C16H25NO3S.ClH/c1-10(2)12-9-21-13-8-17(7-11(3)19-14(12)13)15(18)20-16(4,5)6;/h9-11H,7-8H2,1-6H3;1H. The fourth-order valence-electron chi connectivity index (χ4n) is 2.30. The van der Waals surface area contributed by atoms with Crippen LogP contribution in [0.2, 0.25) is 0 Å². The third-order valence-corrected chi connectivity index (χ3v) is 4.22. The van der Waals surface area contributed by atoms with Gasteiger partial charge in [-0.15, -0.1) is 23.7 Å². The van der Waals surface area contributed by atoms with E-state index in [1.165, 1.54) is 5.56 Å². The van der Waals surface area contributed by atoms with Crippen molar-refractivity contribution < 1.29 is 14.3 Å². The number of nitrogens with zero attached hydrogens (tertiary/aromatic N) is 1. The Balaban J connectivity index is 0.00000242. The van der Waals surface area contributed by atoms with Crippen molar-refractivity contribution >= 4 is 29.8 Å². The van der Waals surface area contributed by atoms with Crippen LogP contribution in [0.5, 0.6) is 5.75 Å². The van der Waals surface area contributed by atoms with Crippen LogP contribution in [0.15, 0.2) is 5.38 Å². The summed E-state index contributed by atoms with van der Waals surface area (Å²) in [6.07, 6.45) is -0.309. The van der Waals surface area contributed by atoms with Crippen LogP contribution in [0.4, 0.5) is 4.79 Å². The van der Waals surface area contributed by atoms with Crippen molar-refractivity contribution in [2.24, 2.45) is 0 Å². The van der Waals surface area contributed by atoms with Gasteiger partial charge in [0.05, 0.1) is 18.0 Å². The summed E-state index contributed by atoms with van der Waals surface area (Å²) in [5.41, 5.74) is 0.752. The third kappa shape index (κ3) is 4.53. The van der Waals surface area contributed by atoms with E-state index in [9.17, 15) is 4.79 Å². The number of carbonyl (C=O) groups excluding carboxylic acids is 1. The van der Waals surface area contributed by atoms with Crippen LogP contribution in [0.3, 0.4) is 0 Å². The number of halogens is 1. The topological polar surface area (TPSA) is 38.8 Å². The number of hydrogen-bond donors (Lipinski definition) is 0. The minimum absolute atomic E-state index is 0. The van der Waals surface area contributed by atoms with Crippen LogP contribution in [0.25, 0.3) is 0 Å². The van der Waals surface area contributed by atoms with Gasteiger partial charge in [-0.2, -0.15) is 0 Å². The van der Waals surface area contributed by atoms with Crippen molar-refractivity contribution in [3.8, 4) is 5.75 Å². The SMILES string of the molecule is CC1CN(C(=O)OC(C)(C)C)Cc2scc(C(C)C)c2O1.Cl. The summed E-state index contributed by atoms with van der Waals surface area (Å²) in [5.74, 6) is 1.39. The highest BCUT2D eigenvalue weighted by Gasteiger charge is 2.30. The quantitative estimate of drug-likeness (QED) is 0.731. The molecule has 0 radical (unpaired) electrons. The van der Waals surface area contributed by atoms with E-state index in [0.717, 1.165) is 10.6 Å². The lowest BCUT2D eigenvalue weighted by atomic mass is 10.1. The minimum atomic E-state index is -0.477. The highest BCUT2D eigenvalue weighted by Crippen LogP contribution is 2.38. The number of hydrogen-bond acceptors (Lipinski definition) is 4. The fourth-order valence-corrected chi connectivity index (χ4v) is 3.45. The first-order chi connectivity index (χ1) is 9.67. The maximum absolute atomic E-state index is 12.3. The van der Waals surface area contributed by atoms with Gasteiger partial charge in [-0.1, -0.05) is 13.8 Å². The second kappa shape index (κ2) is 7.09. The molecule has 2 rings (SSSR count). The molecule has 1 aliphatic heterocycles. The molecule has 1 amide bonds. The Morgan fingerprint density at radius 3 is 2.64 bits per heavy atom. The van der Waals surface area contributed by atoms with Crippen LogP contribution in [-0.2, 0) is 11.3 Å². The molecule has 6 heteroatoms. The van der Waals surface area contributed by atoms with E-state index in [1.807, 2.05) is 27.7 Å². The molecule has 126 valence electrons. The molecule has 0 aliphatic carbocycles. The van der Waals surface area contributed by atoms with Gasteiger partial charge in [0.25, 0.3) is 0 Å². The average Bonchev–Trinajstić information content (AvgIpc) is 2.61. The summed E-state index contributed by atoms with van der Waals surface area (Å²) >= 11 is 1.66. The first kappa shape index (κ1) is 19.1. The lowest BCUT2D eigenvalue weighted by molar-refractivity contribution is 0.0189. The third-order valence-electron chi connectivity index (χ3n) is 3.25. The normalized spacial score (nSPS) is 18.1. The Morgan fingerprint density at radius 2 is 2.09 bits per heavy atom. The molecule has 1 aliphatic rings. The summed E-state index contributed by atoms with van der Waals surface area (Å²) in [7, 11) is 0. The molecule has 0 bridgehead atoms. The van der Waals surface area contributed by atoms with E-state index in [-0.39, 0.29) is 24.6 Å². The second-order valence-corrected chi connectivity index (χ2v) is 7.85. The number of rotatable bonds is 1. The maximum atomic E-state index is 12.3. The van der Waals surface area contributed by atoms with Crippen molar-refractivity contribution in [2.45, 2.75) is 65.7 Å². The largest absolute Gasteiger partial charge is 0.487 e. The van der Waals surface area contributed by atoms with Gasteiger partial charge in [-0.3, -0.25) is 4.90 Å². The smallest absolute Gasteiger partial charge is 0.410 e. The zero-order chi connectivity index (χ0) is 15.8. The summed E-state index contributed by atoms with van der Waals surface area (Å²) in [4.78, 5) is 15.2. The van der Waals surface area contributed by atoms with Crippen molar-refractivity contribution in [3.05, 3.63) is 15.8 Å². The predicted octanol–water partition coefficient (Wildman–Crippen LogP) is 4.81. The van der Waals surface area contributed by atoms with Crippen molar-refractivity contribution in [1.82, 2.24) is 4.90 Å². The highest BCUT2D eigenvalue weighted by molar-refractivity contribution is 7.10. The summed E-state index contributed by atoms with van der Waals surface area (Å²) < 4.78 is 11.5. The summed E-state index contributed by atoms with van der Waals surface area (Å²) in [6, 6.07) is 0. The second-order valence-electron chi connectivity index (χ2n) is 6.89. The van der Waals surface area contributed by atoms with Gasteiger partial charge in [-0.05, 0) is 39.0 Å². The Hall–Kier alpha value is -0.940. The number of amides is 1. The van der Waals surface area contributed by atoms with E-state index in [0.29, 0.717) is 19.0 Å². The molecule has 0 aromatic carbocycles. The first-order valence-corrected chi connectivity index (χ1v) is 8.30. The number of ether oxygens (including phenoxy) is 2. The van der Waals surface area contributed by atoms with Crippen LogP contribution in [0.1, 0.15) is 57.9 Å². The number of thiophene rings is 1. The van der Waals surface area contributed by atoms with E-state index in [4.69, 9.17) is 9.47 Å². The monoisotopic (exact) mass is 347 g/mol. The number of fused-ring (bicyclic) bond motifs is 1. The molecule has 0 fully saturated rings. The Kier molecular flexibility index (Phi) is 6.16. The minimum Gasteiger partial charge on any atom is -0.487 e. The van der Waals surface area contributed by atoms with Crippen LogP contribution in [-0.4, -0.2) is 29.2 Å². The van der Waals surface area contributed by atoms with Gasteiger partial charge in [0.2, 0.25) is 0 Å². The molecule has 1 atom stereocenters. The first-order valence-electron chi connectivity index (χ1n) is 7.42. The van der Waals surface area contributed by atoms with E-state index >= 15 is 0 Å². The van der Waals surface area contributed by atoms with Crippen molar-refractivity contribution in [2.75, 3.05) is 6.54 Å². The van der Waals surface area contributed by atoms with Gasteiger partial charge in [0, 0.05) is 5.56 Å². The Bertz CT molecular complexity index is 522. The molecule has 1 aromatic heterocycles. The predicted molar refractivity (Wildman–Crippen MR) is 92.4 cm³/mol. The molecule has 4 nitrogen and oxygen atoms in total. The zero-order valence-electron chi connectivity index (χ0n) is 14.1. The van der Waals surface area contributed by atoms with E-state index in [2.05, 4.69) is 19.2 Å². The summed E-state index contributed by atoms with van der Waals surface area (Å²) in [5, 5.41) is 2.14. The molecule has 2 heterocycles. The Morgan fingerprint density at radius 1 is 1.45 bits per heavy atom. The summed E-state index contributed by atoms with van der Waals surface area (Å²) in [6.45, 7) is 13.1. The highest BCUT2D eigenvalue weighted by atomic mass is 35.5. The van der Waals surface area contributed by atoms with Crippen LogP contribution >= 0.6 is 23.7 Å². The van der Waals surface area contributed by atoms with Crippen LogP contribution in [0, 0.1) is 0 Å². The van der Waals surface area contributed by atoms with Gasteiger partial charge in [0.1, 0.15) is 17.5 Å². The molecule has 0 spiro atoms. The van der Waals surface area contributed by atoms with E-state index < -0.39 is 5.60 Å².